The average Bonchev–Trinajstić information content (AvgIpc) is 2.99. The third kappa shape index (κ3) is 9.76. The Labute approximate surface area is 259 Å². The van der Waals surface area contributed by atoms with Crippen molar-refractivity contribution in [1.29, 1.82) is 0 Å². The zero-order valence-electron chi connectivity index (χ0n) is 24.5. The molecule has 3 aromatic rings. The monoisotopic (exact) mass is 653 g/mol. The predicted molar refractivity (Wildman–Crippen MR) is 154 cm³/mol. The molecule has 0 bridgehead atoms. The Morgan fingerprint density at radius 3 is 1.98 bits per heavy atom. The molecule has 1 aliphatic heterocycles. The predicted octanol–water partition coefficient (Wildman–Crippen LogP) is 4.88. The summed E-state index contributed by atoms with van der Waals surface area (Å²) < 4.78 is 79.8. The Bertz CT molecular complexity index is 1560. The van der Waals surface area contributed by atoms with Gasteiger partial charge in [-0.25, -0.2) is 19.6 Å². The summed E-state index contributed by atoms with van der Waals surface area (Å²) in [5.41, 5.74) is -1.26. The molecule has 0 saturated carbocycles. The molecule has 1 fully saturated rings. The molecule has 3 N–H and O–H groups in total. The fraction of sp³-hybridized carbons (Fsp3) is 0.300. The highest BCUT2D eigenvalue weighted by atomic mass is 19.4. The summed E-state index contributed by atoms with van der Waals surface area (Å²) in [6.07, 6.45) is -7.49. The van der Waals surface area contributed by atoms with Gasteiger partial charge >= 0.3 is 24.3 Å². The molecule has 0 spiro atoms. The maximum absolute atomic E-state index is 13.5. The summed E-state index contributed by atoms with van der Waals surface area (Å²) in [5, 5.41) is 18.9. The molecule has 16 heteroatoms. The molecule has 2 aromatic carbocycles. The molecule has 0 atom stereocenters. The van der Waals surface area contributed by atoms with Gasteiger partial charge in [0.05, 0.1) is 22.4 Å². The fourth-order valence-electron chi connectivity index (χ4n) is 4.39. The van der Waals surface area contributed by atoms with Crippen LogP contribution in [-0.4, -0.2) is 76.2 Å². The second-order valence-electron chi connectivity index (χ2n) is 10.1. The number of nitrogens with one attached hydrogen (secondary N) is 1. The molecule has 1 amide bonds. The lowest BCUT2D eigenvalue weighted by Gasteiger charge is -2.28. The largest absolute Gasteiger partial charge is 0.478 e. The number of carbonyl (C=O) groups is 3. The van der Waals surface area contributed by atoms with Crippen LogP contribution in [-0.2, 0) is 28.5 Å². The van der Waals surface area contributed by atoms with Gasteiger partial charge in [0.2, 0.25) is 5.95 Å². The molecule has 2 heterocycles. The van der Waals surface area contributed by atoms with Crippen LogP contribution in [0.1, 0.15) is 32.6 Å². The third-order valence-corrected chi connectivity index (χ3v) is 6.59. The number of alkyl halides is 6. The highest BCUT2D eigenvalue weighted by molar-refractivity contribution is 6.00. The van der Waals surface area contributed by atoms with Crippen LogP contribution in [0.4, 0.5) is 32.3 Å². The molecule has 1 saturated heterocycles. The number of aliphatic carboxylic acids is 2. The number of aromatic nitrogens is 2. The van der Waals surface area contributed by atoms with Gasteiger partial charge in [0.25, 0.3) is 5.91 Å². The first kappa shape index (κ1) is 35.5. The SMILES string of the molecule is Cc1ccccc1-c1nc(N2CCNCC2)ncc1C(=O)N(C)Cc1cc(C(F)(F)F)cc(C(F)(F)F)c1.O=C(O)/C=C/C(=O)O. The minimum absolute atomic E-state index is 0.0598. The molecule has 1 aliphatic rings. The number of halogens is 6. The Morgan fingerprint density at radius 2 is 1.48 bits per heavy atom. The molecule has 10 nitrogen and oxygen atoms in total. The number of anilines is 1. The van der Waals surface area contributed by atoms with Crippen molar-refractivity contribution < 1.29 is 50.9 Å². The molecule has 4 rings (SSSR count). The van der Waals surface area contributed by atoms with Gasteiger partial charge in [-0.05, 0) is 36.2 Å². The van der Waals surface area contributed by atoms with Crippen LogP contribution in [0.25, 0.3) is 11.3 Å². The van der Waals surface area contributed by atoms with E-state index >= 15 is 0 Å². The first-order chi connectivity index (χ1) is 21.5. The number of nitrogens with zero attached hydrogens (tertiary/aromatic N) is 4. The quantitative estimate of drug-likeness (QED) is 0.241. The summed E-state index contributed by atoms with van der Waals surface area (Å²) in [6.45, 7) is 4.17. The zero-order valence-corrected chi connectivity index (χ0v) is 24.5. The summed E-state index contributed by atoms with van der Waals surface area (Å²) >= 11 is 0. The van der Waals surface area contributed by atoms with Crippen LogP contribution < -0.4 is 10.2 Å². The van der Waals surface area contributed by atoms with Crippen LogP contribution in [0, 0.1) is 6.92 Å². The van der Waals surface area contributed by atoms with Gasteiger partial charge in [-0.1, -0.05) is 24.3 Å². The van der Waals surface area contributed by atoms with E-state index in [-0.39, 0.29) is 17.2 Å². The lowest BCUT2D eigenvalue weighted by molar-refractivity contribution is -0.143. The van der Waals surface area contributed by atoms with Gasteiger partial charge in [0.1, 0.15) is 0 Å². The average molecular weight is 654 g/mol. The van der Waals surface area contributed by atoms with Crippen LogP contribution in [0.2, 0.25) is 0 Å². The molecule has 1 aromatic heterocycles. The zero-order chi connectivity index (χ0) is 34.2. The Hall–Kier alpha value is -4.99. The Kier molecular flexibility index (Phi) is 11.5. The minimum atomic E-state index is -4.98. The van der Waals surface area contributed by atoms with Crippen molar-refractivity contribution in [3.05, 3.63) is 88.6 Å². The number of hydrogen-bond acceptors (Lipinski definition) is 7. The summed E-state index contributed by atoms with van der Waals surface area (Å²) in [6, 6.07) is 8.55. The van der Waals surface area contributed by atoms with E-state index in [1.807, 2.05) is 24.0 Å². The second-order valence-corrected chi connectivity index (χ2v) is 10.1. The third-order valence-electron chi connectivity index (χ3n) is 6.59. The summed E-state index contributed by atoms with van der Waals surface area (Å²) in [5.74, 6) is -2.72. The topological polar surface area (TPSA) is 136 Å². The van der Waals surface area contributed by atoms with Gasteiger partial charge in [-0.15, -0.1) is 0 Å². The van der Waals surface area contributed by atoms with E-state index in [2.05, 4.69) is 15.3 Å². The van der Waals surface area contributed by atoms with Crippen LogP contribution in [0.15, 0.2) is 60.8 Å². The first-order valence-electron chi connectivity index (χ1n) is 13.5. The number of carbonyl (C=O) groups excluding carboxylic acids is 1. The standard InChI is InChI=1S/C26H25F6N5O.C4H4O4/c1-16-5-3-4-6-20(16)22-21(14-34-24(35-22)37-9-7-33-8-10-37)23(38)36(2)15-17-11-18(25(27,28)29)13-19(12-17)26(30,31)32;5-3(6)1-2-4(7)8/h3-6,11-14,33H,7-10,15H2,1-2H3;1-2H,(H,5,6)(H,7,8)/b;2-1+. The summed E-state index contributed by atoms with van der Waals surface area (Å²) in [7, 11) is 1.31. The molecule has 0 unspecified atom stereocenters. The fourth-order valence-corrected chi connectivity index (χ4v) is 4.39. The van der Waals surface area contributed by atoms with Crippen LogP contribution >= 0.6 is 0 Å². The van der Waals surface area contributed by atoms with Crippen molar-refractivity contribution in [3.8, 4) is 11.3 Å². The number of piperazine rings is 1. The molecule has 0 aliphatic carbocycles. The van der Waals surface area contributed by atoms with Crippen molar-refractivity contribution in [3.63, 3.8) is 0 Å². The smallest absolute Gasteiger partial charge is 0.416 e. The minimum Gasteiger partial charge on any atom is -0.478 e. The number of carboxylic acid groups (broad SMARTS) is 2. The van der Waals surface area contributed by atoms with E-state index in [0.29, 0.717) is 54.6 Å². The Morgan fingerprint density at radius 1 is 0.935 bits per heavy atom. The van der Waals surface area contributed by atoms with E-state index in [9.17, 15) is 40.7 Å². The van der Waals surface area contributed by atoms with Gasteiger partial charge in [-0.3, -0.25) is 4.79 Å². The lowest BCUT2D eigenvalue weighted by atomic mass is 10.0. The van der Waals surface area contributed by atoms with Gasteiger partial charge < -0.3 is 25.3 Å². The molecular weight excluding hydrogens is 624 g/mol. The Balaban J connectivity index is 0.000000637. The molecular formula is C30H29F6N5O5. The number of carboxylic acids is 2. The molecule has 0 radical (unpaired) electrons. The van der Waals surface area contributed by atoms with E-state index < -0.39 is 47.9 Å². The molecule has 46 heavy (non-hydrogen) atoms. The second kappa shape index (κ2) is 14.9. The van der Waals surface area contributed by atoms with Crippen LogP contribution in [0.5, 0.6) is 0 Å². The normalized spacial score (nSPS) is 13.6. The highest BCUT2D eigenvalue weighted by Gasteiger charge is 2.37. The maximum atomic E-state index is 13.5. The van der Waals surface area contributed by atoms with Crippen molar-refractivity contribution in [2.24, 2.45) is 0 Å². The van der Waals surface area contributed by atoms with E-state index in [0.717, 1.165) is 23.6 Å². The van der Waals surface area contributed by atoms with Crippen molar-refractivity contribution in [2.75, 3.05) is 38.1 Å². The van der Waals surface area contributed by atoms with E-state index in [4.69, 9.17) is 10.2 Å². The first-order valence-corrected chi connectivity index (χ1v) is 13.5. The number of benzene rings is 2. The number of rotatable bonds is 7. The number of aryl methyl sites for hydroxylation is 1. The van der Waals surface area contributed by atoms with Crippen molar-refractivity contribution in [1.82, 2.24) is 20.2 Å². The summed E-state index contributed by atoms with van der Waals surface area (Å²) in [4.78, 5) is 44.7. The van der Waals surface area contributed by atoms with Crippen LogP contribution in [0.3, 0.4) is 0 Å². The highest BCUT2D eigenvalue weighted by Crippen LogP contribution is 2.37. The van der Waals surface area contributed by atoms with Gasteiger partial charge in [0.15, 0.2) is 0 Å². The number of hydrogen-bond donors (Lipinski definition) is 3. The lowest BCUT2D eigenvalue weighted by Crippen LogP contribution is -2.44. The van der Waals surface area contributed by atoms with E-state index in [1.54, 1.807) is 12.1 Å². The van der Waals surface area contributed by atoms with Crippen molar-refractivity contribution in [2.45, 2.75) is 25.8 Å². The number of amides is 1. The van der Waals surface area contributed by atoms with Gasteiger partial charge in [-0.2, -0.15) is 26.3 Å². The van der Waals surface area contributed by atoms with Gasteiger partial charge in [0, 0.05) is 63.7 Å². The molecule has 246 valence electrons. The van der Waals surface area contributed by atoms with Crippen molar-refractivity contribution >= 4 is 23.8 Å². The van der Waals surface area contributed by atoms with E-state index in [1.165, 1.54) is 13.2 Å². The maximum Gasteiger partial charge on any atom is 0.416 e.